The minimum Gasteiger partial charge on any atom is -0.428 e. The molecule has 0 radical (unpaired) electrons. The van der Waals surface area contributed by atoms with E-state index in [-0.39, 0.29) is 18.7 Å². The molecule has 0 amide bonds. The molecule has 5 N–H and O–H groups in total. The van der Waals surface area contributed by atoms with Crippen LogP contribution in [0, 0.1) is 0 Å². The molecule has 0 saturated heterocycles. The van der Waals surface area contributed by atoms with E-state index in [1.165, 1.54) is 6.20 Å². The van der Waals surface area contributed by atoms with Gasteiger partial charge < -0.3 is 24.7 Å². The van der Waals surface area contributed by atoms with Crippen molar-refractivity contribution in [1.82, 2.24) is 24.5 Å². The quantitative estimate of drug-likeness (QED) is 0.172. The number of aromatic nitrogens is 5. The Morgan fingerprint density at radius 1 is 1.20 bits per heavy atom. The molecule has 0 saturated carbocycles. The van der Waals surface area contributed by atoms with Crippen molar-refractivity contribution in [2.45, 2.75) is 45.3 Å². The minimum atomic E-state index is -2.23. The molecular weight excluding hydrogens is 472 g/mol. The summed E-state index contributed by atoms with van der Waals surface area (Å²) < 4.78 is 29.2. The molecule has 0 fully saturated rings. The van der Waals surface area contributed by atoms with E-state index < -0.39 is 11.3 Å². The molecule has 13 heteroatoms. The molecule has 0 aliphatic rings. The van der Waals surface area contributed by atoms with Crippen LogP contribution in [-0.2, 0) is 30.8 Å². The van der Waals surface area contributed by atoms with E-state index in [1.807, 2.05) is 41.8 Å². The molecule has 1 unspecified atom stereocenters. The number of fused-ring (bicyclic) bond motifs is 1. The smallest absolute Gasteiger partial charge is 0.308 e. The lowest BCUT2D eigenvalue weighted by molar-refractivity contribution is 0.271. The summed E-state index contributed by atoms with van der Waals surface area (Å²) in [6, 6.07) is 9.85. The number of hydrogen-bond donors (Lipinski definition) is 5. The van der Waals surface area contributed by atoms with Crippen molar-refractivity contribution in [1.29, 1.82) is 0 Å². The second-order valence-electron chi connectivity index (χ2n) is 7.86. The average molecular weight is 501 g/mol. The van der Waals surface area contributed by atoms with Crippen molar-refractivity contribution in [2.75, 3.05) is 22.0 Å². The van der Waals surface area contributed by atoms with Crippen molar-refractivity contribution in [3.05, 3.63) is 54.2 Å². The molecule has 12 nitrogen and oxygen atoms in total. The summed E-state index contributed by atoms with van der Waals surface area (Å²) >= 11 is -2.23. The maximum Gasteiger partial charge on any atom is 0.308 e. The fraction of sp³-hybridized carbons (Fsp3) is 0.364. The number of nitrogens with one attached hydrogen (secondary N) is 3. The van der Waals surface area contributed by atoms with Gasteiger partial charge in [0.1, 0.15) is 5.76 Å². The van der Waals surface area contributed by atoms with Crippen LogP contribution in [0.25, 0.3) is 11.2 Å². The van der Waals surface area contributed by atoms with Gasteiger partial charge in [0.05, 0.1) is 25.2 Å². The molecule has 0 bridgehead atoms. The Morgan fingerprint density at radius 3 is 2.77 bits per heavy atom. The SMILES string of the molecule is CC[C@H](CO)Nc1nc(NCc2ccccc2)c2ncn(CCCc3cnc(NS(=O)O)o3)c2n1. The molecule has 4 rings (SSSR count). The lowest BCUT2D eigenvalue weighted by Gasteiger charge is -2.15. The van der Waals surface area contributed by atoms with Crippen LogP contribution in [0.4, 0.5) is 17.8 Å². The number of aliphatic hydroxyl groups is 1. The second kappa shape index (κ2) is 11.7. The van der Waals surface area contributed by atoms with Crippen LogP contribution in [0.3, 0.4) is 0 Å². The third kappa shape index (κ3) is 6.53. The van der Waals surface area contributed by atoms with E-state index >= 15 is 0 Å². The predicted molar refractivity (Wildman–Crippen MR) is 133 cm³/mol. The van der Waals surface area contributed by atoms with Crippen LogP contribution < -0.4 is 15.4 Å². The van der Waals surface area contributed by atoms with Gasteiger partial charge in [0.2, 0.25) is 5.95 Å². The summed E-state index contributed by atoms with van der Waals surface area (Å²) in [7, 11) is 0. The number of hydrogen-bond acceptors (Lipinski definition) is 9. The number of aryl methyl sites for hydroxylation is 2. The molecule has 1 aromatic carbocycles. The van der Waals surface area contributed by atoms with Crippen molar-refractivity contribution in [2.24, 2.45) is 0 Å². The number of aliphatic hydroxyl groups excluding tert-OH is 1. The molecular formula is C22H28N8O4S. The van der Waals surface area contributed by atoms with Crippen molar-refractivity contribution < 1.29 is 18.3 Å². The van der Waals surface area contributed by atoms with Gasteiger partial charge in [-0.15, -0.1) is 0 Å². The van der Waals surface area contributed by atoms with Gasteiger partial charge in [0.25, 0.3) is 11.3 Å². The first kappa shape index (κ1) is 24.6. The van der Waals surface area contributed by atoms with E-state index in [4.69, 9.17) is 8.97 Å². The lowest BCUT2D eigenvalue weighted by atomic mass is 10.2. The number of nitrogens with zero attached hydrogens (tertiary/aromatic N) is 5. The van der Waals surface area contributed by atoms with Crippen LogP contribution in [0.1, 0.15) is 31.1 Å². The van der Waals surface area contributed by atoms with Crippen molar-refractivity contribution in [3.63, 3.8) is 0 Å². The van der Waals surface area contributed by atoms with Crippen LogP contribution >= 0.6 is 0 Å². The zero-order valence-electron chi connectivity index (χ0n) is 19.2. The van der Waals surface area contributed by atoms with Crippen LogP contribution in [0.15, 0.2) is 47.3 Å². The zero-order valence-corrected chi connectivity index (χ0v) is 20.0. The molecule has 3 aromatic heterocycles. The van der Waals surface area contributed by atoms with Gasteiger partial charge in [-0.3, -0.25) is 4.55 Å². The molecule has 35 heavy (non-hydrogen) atoms. The Balaban J connectivity index is 1.52. The second-order valence-corrected chi connectivity index (χ2v) is 8.57. The van der Waals surface area contributed by atoms with Crippen LogP contribution in [0.2, 0.25) is 0 Å². The number of imidazole rings is 1. The normalized spacial score (nSPS) is 13.0. The van der Waals surface area contributed by atoms with Gasteiger partial charge >= 0.3 is 6.01 Å². The van der Waals surface area contributed by atoms with E-state index in [2.05, 4.69) is 35.3 Å². The Kier molecular flexibility index (Phi) is 8.23. The molecule has 0 spiro atoms. The summed E-state index contributed by atoms with van der Waals surface area (Å²) in [6.45, 7) is 3.14. The highest BCUT2D eigenvalue weighted by Crippen LogP contribution is 2.23. The number of oxazole rings is 1. The van der Waals surface area contributed by atoms with Gasteiger partial charge in [-0.1, -0.05) is 37.3 Å². The van der Waals surface area contributed by atoms with Gasteiger partial charge in [-0.2, -0.15) is 9.97 Å². The summed E-state index contributed by atoms with van der Waals surface area (Å²) in [5, 5.41) is 16.2. The van der Waals surface area contributed by atoms with Crippen LogP contribution in [0.5, 0.6) is 0 Å². The first-order valence-electron chi connectivity index (χ1n) is 11.3. The Morgan fingerprint density at radius 2 is 2.03 bits per heavy atom. The summed E-state index contributed by atoms with van der Waals surface area (Å²) in [4.78, 5) is 17.8. The maximum atomic E-state index is 10.8. The number of rotatable bonds is 13. The Bertz CT molecular complexity index is 1260. The van der Waals surface area contributed by atoms with E-state index in [9.17, 15) is 9.32 Å². The topological polar surface area (TPSA) is 163 Å². The third-order valence-electron chi connectivity index (χ3n) is 5.36. The zero-order chi connectivity index (χ0) is 24.6. The molecule has 0 aliphatic heterocycles. The highest BCUT2D eigenvalue weighted by Gasteiger charge is 2.16. The molecule has 4 aromatic rings. The summed E-state index contributed by atoms with van der Waals surface area (Å²) in [5.74, 6) is 1.62. The maximum absolute atomic E-state index is 10.8. The van der Waals surface area contributed by atoms with Gasteiger partial charge in [-0.25, -0.2) is 18.9 Å². The molecule has 2 atom stereocenters. The highest BCUT2D eigenvalue weighted by molar-refractivity contribution is 7.80. The number of benzene rings is 1. The Hall–Kier alpha value is -3.55. The minimum absolute atomic E-state index is 0.000801. The third-order valence-corrected chi connectivity index (χ3v) is 5.71. The van der Waals surface area contributed by atoms with Crippen molar-refractivity contribution in [3.8, 4) is 0 Å². The van der Waals surface area contributed by atoms with Crippen LogP contribution in [-0.4, -0.2) is 51.0 Å². The highest BCUT2D eigenvalue weighted by atomic mass is 32.2. The summed E-state index contributed by atoms with van der Waals surface area (Å²) in [5.41, 5.74) is 2.43. The van der Waals surface area contributed by atoms with E-state index in [1.54, 1.807) is 6.33 Å². The standard InChI is InChI=1S/C22H28N8O4S/c1-2-16(13-31)26-21-27-19(23-11-15-7-4-3-5-8-15)18-20(28-21)30(14-25-18)10-6-9-17-12-24-22(34-17)29-35(32)33/h3-5,7-8,12,14,16,31H,2,6,9-11,13H2,1H3,(H,24,29)(H,32,33)(H2,23,26,27,28)/t16-/m1/s1. The average Bonchev–Trinajstić information content (AvgIpc) is 3.48. The van der Waals surface area contributed by atoms with E-state index in [0.29, 0.717) is 54.6 Å². The molecule has 3 heterocycles. The predicted octanol–water partition coefficient (Wildman–Crippen LogP) is 2.79. The fourth-order valence-corrected chi connectivity index (χ4v) is 3.75. The largest absolute Gasteiger partial charge is 0.428 e. The van der Waals surface area contributed by atoms with Gasteiger partial charge in [0.15, 0.2) is 17.0 Å². The fourth-order valence-electron chi connectivity index (χ4n) is 3.51. The molecule has 0 aliphatic carbocycles. The lowest BCUT2D eigenvalue weighted by Crippen LogP contribution is -2.24. The molecule has 186 valence electrons. The summed E-state index contributed by atoms with van der Waals surface area (Å²) in [6.07, 6.45) is 5.25. The Labute approximate surface area is 204 Å². The monoisotopic (exact) mass is 500 g/mol. The first-order valence-corrected chi connectivity index (χ1v) is 12.4. The first-order chi connectivity index (χ1) is 17.1. The van der Waals surface area contributed by atoms with Gasteiger partial charge in [-0.05, 0) is 18.4 Å². The van der Waals surface area contributed by atoms with Gasteiger partial charge in [0, 0.05) is 19.5 Å². The number of anilines is 3. The van der Waals surface area contributed by atoms with E-state index in [0.717, 1.165) is 12.0 Å². The van der Waals surface area contributed by atoms with Crippen molar-refractivity contribution >= 4 is 40.2 Å².